The molecule has 124 valence electrons. The fraction of sp³-hybridized carbons (Fsp3) is 0.333. The van der Waals surface area contributed by atoms with Crippen molar-refractivity contribution >= 4 is 22.7 Å². The van der Waals surface area contributed by atoms with Crippen LogP contribution in [0.2, 0.25) is 0 Å². The lowest BCUT2D eigenvalue weighted by Gasteiger charge is -2.32. The van der Waals surface area contributed by atoms with E-state index in [4.69, 9.17) is 4.52 Å². The molecule has 0 saturated carbocycles. The third kappa shape index (κ3) is 2.59. The molecule has 1 aliphatic rings. The van der Waals surface area contributed by atoms with Crippen molar-refractivity contribution in [3.63, 3.8) is 0 Å². The van der Waals surface area contributed by atoms with Gasteiger partial charge in [0.25, 0.3) is 0 Å². The van der Waals surface area contributed by atoms with E-state index in [1.54, 1.807) is 6.07 Å². The van der Waals surface area contributed by atoms with Crippen LogP contribution in [0.15, 0.2) is 34.9 Å². The van der Waals surface area contributed by atoms with E-state index in [1.165, 1.54) is 16.6 Å². The number of aromatic nitrogens is 2. The van der Waals surface area contributed by atoms with E-state index >= 15 is 0 Å². The second-order valence-corrected chi connectivity index (χ2v) is 6.34. The largest absolute Gasteiger partial charge is 0.357 e. The lowest BCUT2D eigenvalue weighted by atomic mass is 9.98. The molecule has 3 aromatic rings. The standard InChI is InChI=1S/C18H20N4O2/c1-11-9-17(24-21-11)20-16(23)10-22-8-7-14-13-5-3-4-6-15(13)19-18(14)12(22)2/h3-6,9,12,19H,7-8,10H2,1-2H3,(H,20,23)/t12-/m0/s1. The van der Waals surface area contributed by atoms with Crippen LogP contribution in [0.25, 0.3) is 10.9 Å². The maximum atomic E-state index is 12.3. The molecule has 0 saturated heterocycles. The molecule has 0 spiro atoms. The zero-order chi connectivity index (χ0) is 16.7. The first-order valence-electron chi connectivity index (χ1n) is 8.18. The number of nitrogens with one attached hydrogen (secondary N) is 2. The van der Waals surface area contributed by atoms with E-state index in [0.717, 1.165) is 24.2 Å². The number of carbonyl (C=O) groups is 1. The number of fused-ring (bicyclic) bond motifs is 3. The summed E-state index contributed by atoms with van der Waals surface area (Å²) in [6.07, 6.45) is 0.943. The molecule has 24 heavy (non-hydrogen) atoms. The van der Waals surface area contributed by atoms with Gasteiger partial charge in [0, 0.05) is 35.2 Å². The highest BCUT2D eigenvalue weighted by Gasteiger charge is 2.28. The Morgan fingerprint density at radius 1 is 1.46 bits per heavy atom. The Hall–Kier alpha value is -2.60. The SMILES string of the molecule is Cc1cc(NC(=O)CN2CCc3c([nH]c4ccccc34)[C@@H]2C)on1. The number of amides is 1. The predicted molar refractivity (Wildman–Crippen MR) is 91.9 cm³/mol. The maximum Gasteiger partial charge on any atom is 0.240 e. The fourth-order valence-electron chi connectivity index (χ4n) is 3.48. The van der Waals surface area contributed by atoms with Crippen molar-refractivity contribution in [3.8, 4) is 0 Å². The van der Waals surface area contributed by atoms with E-state index in [0.29, 0.717) is 12.4 Å². The molecule has 4 rings (SSSR count). The van der Waals surface area contributed by atoms with E-state index in [2.05, 4.69) is 45.5 Å². The van der Waals surface area contributed by atoms with Crippen LogP contribution in [-0.4, -0.2) is 34.0 Å². The zero-order valence-electron chi connectivity index (χ0n) is 13.8. The molecule has 0 bridgehead atoms. The number of hydrogen-bond donors (Lipinski definition) is 2. The van der Waals surface area contributed by atoms with Crippen molar-refractivity contribution in [2.75, 3.05) is 18.4 Å². The number of aryl methyl sites for hydroxylation is 1. The van der Waals surface area contributed by atoms with Gasteiger partial charge in [-0.05, 0) is 31.9 Å². The Kier molecular flexibility index (Phi) is 3.61. The number of anilines is 1. The molecular formula is C18H20N4O2. The van der Waals surface area contributed by atoms with Crippen molar-refractivity contribution in [2.45, 2.75) is 26.3 Å². The van der Waals surface area contributed by atoms with E-state index < -0.39 is 0 Å². The van der Waals surface area contributed by atoms with Gasteiger partial charge in [-0.3, -0.25) is 15.0 Å². The number of hydrogen-bond acceptors (Lipinski definition) is 4. The zero-order valence-corrected chi connectivity index (χ0v) is 13.8. The highest BCUT2D eigenvalue weighted by Crippen LogP contribution is 2.33. The summed E-state index contributed by atoms with van der Waals surface area (Å²) in [6.45, 7) is 5.15. The minimum absolute atomic E-state index is 0.0856. The number of aromatic amines is 1. The third-order valence-corrected chi connectivity index (χ3v) is 4.70. The fourth-order valence-corrected chi connectivity index (χ4v) is 3.48. The summed E-state index contributed by atoms with van der Waals surface area (Å²) in [5, 5.41) is 7.83. The Morgan fingerprint density at radius 2 is 2.29 bits per heavy atom. The molecule has 1 amide bonds. The summed E-state index contributed by atoms with van der Waals surface area (Å²) in [5.41, 5.74) is 4.50. The first-order chi connectivity index (χ1) is 11.6. The van der Waals surface area contributed by atoms with E-state index in [1.807, 2.05) is 13.0 Å². The number of carbonyl (C=O) groups excluding carboxylic acids is 1. The highest BCUT2D eigenvalue weighted by atomic mass is 16.5. The van der Waals surface area contributed by atoms with Gasteiger partial charge in [0.1, 0.15) is 0 Å². The van der Waals surface area contributed by atoms with Crippen LogP contribution in [-0.2, 0) is 11.2 Å². The van der Waals surface area contributed by atoms with Crippen molar-refractivity contribution < 1.29 is 9.32 Å². The normalized spacial score (nSPS) is 17.8. The molecule has 0 aliphatic carbocycles. The molecule has 0 radical (unpaired) electrons. The Bertz CT molecular complexity index is 895. The van der Waals surface area contributed by atoms with Crippen LogP contribution in [0.4, 0.5) is 5.88 Å². The van der Waals surface area contributed by atoms with Crippen LogP contribution < -0.4 is 5.32 Å². The minimum Gasteiger partial charge on any atom is -0.357 e. The number of rotatable bonds is 3. The van der Waals surface area contributed by atoms with Gasteiger partial charge < -0.3 is 9.51 Å². The van der Waals surface area contributed by atoms with Crippen molar-refractivity contribution in [2.24, 2.45) is 0 Å². The smallest absolute Gasteiger partial charge is 0.240 e. The van der Waals surface area contributed by atoms with Gasteiger partial charge in [0.15, 0.2) is 0 Å². The summed E-state index contributed by atoms with van der Waals surface area (Å²) in [6, 6.07) is 10.3. The summed E-state index contributed by atoms with van der Waals surface area (Å²) in [5.74, 6) is 0.311. The van der Waals surface area contributed by atoms with Crippen molar-refractivity contribution in [1.82, 2.24) is 15.0 Å². The molecule has 3 heterocycles. The van der Waals surface area contributed by atoms with Crippen LogP contribution in [0, 0.1) is 6.92 Å². The molecule has 2 aromatic heterocycles. The number of benzene rings is 1. The van der Waals surface area contributed by atoms with Crippen molar-refractivity contribution in [1.29, 1.82) is 0 Å². The average molecular weight is 324 g/mol. The molecule has 1 aliphatic heterocycles. The lowest BCUT2D eigenvalue weighted by Crippen LogP contribution is -2.39. The molecule has 1 aromatic carbocycles. The Morgan fingerprint density at radius 3 is 3.08 bits per heavy atom. The second-order valence-electron chi connectivity index (χ2n) is 6.34. The van der Waals surface area contributed by atoms with Gasteiger partial charge in [-0.25, -0.2) is 0 Å². The molecule has 2 N–H and O–H groups in total. The van der Waals surface area contributed by atoms with E-state index in [-0.39, 0.29) is 11.9 Å². The first-order valence-corrected chi connectivity index (χ1v) is 8.18. The van der Waals surface area contributed by atoms with Crippen LogP contribution in [0.3, 0.4) is 0 Å². The van der Waals surface area contributed by atoms with Crippen LogP contribution in [0.5, 0.6) is 0 Å². The van der Waals surface area contributed by atoms with Gasteiger partial charge in [-0.1, -0.05) is 23.4 Å². The molecule has 0 fully saturated rings. The molecule has 6 nitrogen and oxygen atoms in total. The Labute approximate surface area is 139 Å². The van der Waals surface area contributed by atoms with Crippen LogP contribution >= 0.6 is 0 Å². The lowest BCUT2D eigenvalue weighted by molar-refractivity contribution is -0.118. The summed E-state index contributed by atoms with van der Waals surface area (Å²) < 4.78 is 5.04. The van der Waals surface area contributed by atoms with Crippen LogP contribution in [0.1, 0.15) is 29.9 Å². The van der Waals surface area contributed by atoms with Crippen molar-refractivity contribution in [3.05, 3.63) is 47.3 Å². The number of nitrogens with zero attached hydrogens (tertiary/aromatic N) is 2. The maximum absolute atomic E-state index is 12.3. The molecular weight excluding hydrogens is 304 g/mol. The van der Waals surface area contributed by atoms with Gasteiger partial charge in [-0.2, -0.15) is 0 Å². The molecule has 6 heteroatoms. The Balaban J connectivity index is 1.50. The highest BCUT2D eigenvalue weighted by molar-refractivity contribution is 5.91. The van der Waals surface area contributed by atoms with Gasteiger partial charge in [0.05, 0.1) is 12.2 Å². The summed E-state index contributed by atoms with van der Waals surface area (Å²) in [4.78, 5) is 18.0. The van der Waals surface area contributed by atoms with Gasteiger partial charge in [-0.15, -0.1) is 0 Å². The molecule has 1 atom stereocenters. The second kappa shape index (κ2) is 5.79. The molecule has 0 unspecified atom stereocenters. The summed E-state index contributed by atoms with van der Waals surface area (Å²) >= 11 is 0. The number of H-pyrrole nitrogens is 1. The monoisotopic (exact) mass is 324 g/mol. The van der Waals surface area contributed by atoms with E-state index in [9.17, 15) is 4.79 Å². The van der Waals surface area contributed by atoms with Gasteiger partial charge >= 0.3 is 0 Å². The quantitative estimate of drug-likeness (QED) is 0.776. The average Bonchev–Trinajstić information content (AvgIpc) is 3.14. The van der Waals surface area contributed by atoms with Gasteiger partial charge in [0.2, 0.25) is 11.8 Å². The number of para-hydroxylation sites is 1. The topological polar surface area (TPSA) is 74.2 Å². The predicted octanol–water partition coefficient (Wildman–Crippen LogP) is 3.02. The third-order valence-electron chi connectivity index (χ3n) is 4.70. The minimum atomic E-state index is -0.0856. The summed E-state index contributed by atoms with van der Waals surface area (Å²) in [7, 11) is 0. The first kappa shape index (κ1) is 15.0.